The summed E-state index contributed by atoms with van der Waals surface area (Å²) in [7, 11) is 1.18. The maximum absolute atomic E-state index is 13.1. The molecule has 2 aliphatic rings. The molecule has 1 fully saturated rings. The standard InChI is InChI=1S/C22H25NO6S/c1-4-15(30)11-8-12-16-13(2)17(24)21(29-16)19(26)22(28-3,23-20(21)27)18(25)14-9-6-5-7-10-14/h5-10,12,15,19,26,30H,4,11H2,1-3H3,(H,23,27)/b12-8+/t15-,19+,21+,22+/m0/s1. The highest BCUT2D eigenvalue weighted by Gasteiger charge is 2.73. The van der Waals surface area contributed by atoms with Crippen molar-refractivity contribution in [3.05, 3.63) is 59.4 Å². The molecular formula is C22H25NO6S. The van der Waals surface area contributed by atoms with Gasteiger partial charge in [-0.3, -0.25) is 14.4 Å². The Bertz CT molecular complexity index is 927. The molecule has 0 saturated carbocycles. The number of carbonyl (C=O) groups is 3. The van der Waals surface area contributed by atoms with Crippen LogP contribution in [0, 0.1) is 0 Å². The summed E-state index contributed by atoms with van der Waals surface area (Å²) in [4.78, 5) is 39.1. The molecule has 0 bridgehead atoms. The number of aliphatic hydroxyl groups excluding tert-OH is 1. The van der Waals surface area contributed by atoms with Crippen molar-refractivity contribution in [3.63, 3.8) is 0 Å². The highest BCUT2D eigenvalue weighted by Crippen LogP contribution is 2.43. The van der Waals surface area contributed by atoms with E-state index in [1.807, 2.05) is 6.92 Å². The molecule has 1 amide bonds. The monoisotopic (exact) mass is 431 g/mol. The number of ketones is 2. The second-order valence-corrected chi connectivity index (χ2v) is 8.08. The Balaban J connectivity index is 1.94. The Labute approximate surface area is 180 Å². The number of amides is 1. The topological polar surface area (TPSA) is 102 Å². The number of carbonyl (C=O) groups excluding carboxylic acids is 3. The van der Waals surface area contributed by atoms with Crippen LogP contribution in [0.15, 0.2) is 53.8 Å². The average Bonchev–Trinajstić information content (AvgIpc) is 3.15. The molecule has 7 nitrogen and oxygen atoms in total. The molecule has 4 atom stereocenters. The van der Waals surface area contributed by atoms with E-state index in [0.29, 0.717) is 6.42 Å². The minimum atomic E-state index is -2.28. The van der Waals surface area contributed by atoms with Gasteiger partial charge in [0.1, 0.15) is 5.76 Å². The van der Waals surface area contributed by atoms with Crippen LogP contribution in [0.4, 0.5) is 0 Å². The highest BCUT2D eigenvalue weighted by molar-refractivity contribution is 7.80. The van der Waals surface area contributed by atoms with Crippen LogP contribution in [-0.4, -0.2) is 52.4 Å². The Morgan fingerprint density at radius 2 is 2.03 bits per heavy atom. The summed E-state index contributed by atoms with van der Waals surface area (Å²) in [6.07, 6.45) is 3.01. The lowest BCUT2D eigenvalue weighted by molar-refractivity contribution is -0.159. The molecule has 1 aromatic carbocycles. The molecule has 2 heterocycles. The normalized spacial score (nSPS) is 29.6. The molecule has 0 aromatic heterocycles. The maximum Gasteiger partial charge on any atom is 0.279 e. The lowest BCUT2D eigenvalue weighted by atomic mass is 9.85. The van der Waals surface area contributed by atoms with Gasteiger partial charge in [0.25, 0.3) is 11.5 Å². The van der Waals surface area contributed by atoms with Crippen LogP contribution in [0.25, 0.3) is 0 Å². The van der Waals surface area contributed by atoms with Gasteiger partial charge < -0.3 is 19.9 Å². The molecule has 8 heteroatoms. The number of thiol groups is 1. The van der Waals surface area contributed by atoms with Crippen LogP contribution >= 0.6 is 12.6 Å². The fraction of sp³-hybridized carbons (Fsp3) is 0.409. The number of ether oxygens (including phenoxy) is 2. The van der Waals surface area contributed by atoms with Gasteiger partial charge in [0.15, 0.2) is 6.10 Å². The number of hydrogen-bond donors (Lipinski definition) is 3. The van der Waals surface area contributed by atoms with E-state index < -0.39 is 34.9 Å². The summed E-state index contributed by atoms with van der Waals surface area (Å²) in [5, 5.41) is 13.6. The third kappa shape index (κ3) is 3.29. The average molecular weight is 432 g/mol. The third-order valence-corrected chi connectivity index (χ3v) is 6.15. The Kier molecular flexibility index (Phi) is 6.21. The second-order valence-electron chi connectivity index (χ2n) is 7.35. The van der Waals surface area contributed by atoms with Crippen molar-refractivity contribution >= 4 is 30.1 Å². The smallest absolute Gasteiger partial charge is 0.279 e. The summed E-state index contributed by atoms with van der Waals surface area (Å²) in [6.45, 7) is 3.52. The number of hydrogen-bond acceptors (Lipinski definition) is 7. The number of Topliss-reactive ketones (excluding diaryl/α,β-unsaturated/α-hetero) is 2. The number of rotatable bonds is 7. The van der Waals surface area contributed by atoms with E-state index in [4.69, 9.17) is 9.47 Å². The summed E-state index contributed by atoms with van der Waals surface area (Å²) in [6, 6.07) is 8.08. The van der Waals surface area contributed by atoms with Gasteiger partial charge in [-0.05, 0) is 25.8 Å². The molecule has 0 aliphatic carbocycles. The van der Waals surface area contributed by atoms with Crippen molar-refractivity contribution in [3.8, 4) is 0 Å². The predicted molar refractivity (Wildman–Crippen MR) is 113 cm³/mol. The summed E-state index contributed by atoms with van der Waals surface area (Å²) in [5.74, 6) is -2.13. The summed E-state index contributed by atoms with van der Waals surface area (Å²) in [5.41, 5.74) is -4.03. The minimum absolute atomic E-state index is 0.151. The Hall–Kier alpha value is -2.42. The predicted octanol–water partition coefficient (Wildman–Crippen LogP) is 1.97. The number of allylic oxidation sites excluding steroid dienone is 2. The van der Waals surface area contributed by atoms with Crippen molar-refractivity contribution in [1.82, 2.24) is 5.32 Å². The van der Waals surface area contributed by atoms with Crippen LogP contribution in [0.5, 0.6) is 0 Å². The van der Waals surface area contributed by atoms with Crippen LogP contribution in [0.1, 0.15) is 37.0 Å². The van der Waals surface area contributed by atoms with Crippen molar-refractivity contribution in [2.45, 2.75) is 49.4 Å². The Morgan fingerprint density at radius 1 is 1.37 bits per heavy atom. The first-order valence-corrected chi connectivity index (χ1v) is 10.2. The lowest BCUT2D eigenvalue weighted by Gasteiger charge is -2.32. The number of nitrogens with one attached hydrogen (secondary N) is 1. The van der Waals surface area contributed by atoms with E-state index in [2.05, 4.69) is 17.9 Å². The molecule has 3 rings (SSSR count). The van der Waals surface area contributed by atoms with Gasteiger partial charge in [-0.1, -0.05) is 43.3 Å². The van der Waals surface area contributed by atoms with E-state index in [9.17, 15) is 19.5 Å². The SMILES string of the molecule is CC[C@H](S)C/C=C/C1=C(C)C(=O)[C@]2(O1)C(=O)N[C@@](OC)(C(=O)c1ccccc1)[C@@H]2O. The number of aliphatic hydroxyl groups is 1. The van der Waals surface area contributed by atoms with Crippen molar-refractivity contribution < 1.29 is 29.0 Å². The van der Waals surface area contributed by atoms with E-state index >= 15 is 0 Å². The molecule has 0 radical (unpaired) electrons. The number of benzene rings is 1. The van der Waals surface area contributed by atoms with E-state index in [0.717, 1.165) is 6.42 Å². The fourth-order valence-corrected chi connectivity index (χ4v) is 3.78. The van der Waals surface area contributed by atoms with Crippen molar-refractivity contribution in [2.24, 2.45) is 0 Å². The molecule has 160 valence electrons. The van der Waals surface area contributed by atoms with Crippen molar-refractivity contribution in [1.29, 1.82) is 0 Å². The highest BCUT2D eigenvalue weighted by atomic mass is 32.1. The second kappa shape index (κ2) is 8.37. The molecule has 1 spiro atoms. The van der Waals surface area contributed by atoms with Crippen LogP contribution < -0.4 is 5.32 Å². The molecule has 30 heavy (non-hydrogen) atoms. The molecule has 1 saturated heterocycles. The number of methoxy groups -OCH3 is 1. The van der Waals surface area contributed by atoms with E-state index in [1.54, 1.807) is 30.4 Å². The van der Waals surface area contributed by atoms with Gasteiger partial charge in [-0.15, -0.1) is 0 Å². The maximum atomic E-state index is 13.1. The first-order valence-electron chi connectivity index (χ1n) is 9.69. The fourth-order valence-electron chi connectivity index (χ4n) is 3.65. The van der Waals surface area contributed by atoms with Crippen molar-refractivity contribution in [2.75, 3.05) is 7.11 Å². The largest absolute Gasteiger partial charge is 0.466 e. The van der Waals surface area contributed by atoms with Crippen LogP contribution in [0.2, 0.25) is 0 Å². The molecular weight excluding hydrogens is 406 g/mol. The van der Waals surface area contributed by atoms with Gasteiger partial charge in [0, 0.05) is 23.5 Å². The quantitative estimate of drug-likeness (QED) is 0.347. The van der Waals surface area contributed by atoms with E-state index in [1.165, 1.54) is 26.2 Å². The van der Waals surface area contributed by atoms with Gasteiger partial charge in [-0.25, -0.2) is 0 Å². The summed E-state index contributed by atoms with van der Waals surface area (Å²) < 4.78 is 11.1. The van der Waals surface area contributed by atoms with Crippen LogP contribution in [-0.2, 0) is 19.1 Å². The first kappa shape index (κ1) is 22.3. The third-order valence-electron chi connectivity index (χ3n) is 5.57. The first-order chi connectivity index (χ1) is 14.2. The van der Waals surface area contributed by atoms with Gasteiger partial charge >= 0.3 is 0 Å². The van der Waals surface area contributed by atoms with Gasteiger partial charge in [0.2, 0.25) is 17.3 Å². The Morgan fingerprint density at radius 3 is 2.63 bits per heavy atom. The van der Waals surface area contributed by atoms with Crippen LogP contribution in [0.3, 0.4) is 0 Å². The zero-order chi connectivity index (χ0) is 22.1. The van der Waals surface area contributed by atoms with Gasteiger partial charge in [0.05, 0.1) is 0 Å². The van der Waals surface area contributed by atoms with Gasteiger partial charge in [-0.2, -0.15) is 12.6 Å². The molecule has 0 unspecified atom stereocenters. The zero-order valence-electron chi connectivity index (χ0n) is 17.0. The lowest BCUT2D eigenvalue weighted by Crippen LogP contribution is -2.60. The zero-order valence-corrected chi connectivity index (χ0v) is 17.9. The molecule has 1 aromatic rings. The minimum Gasteiger partial charge on any atom is -0.466 e. The molecule has 2 N–H and O–H groups in total. The van der Waals surface area contributed by atoms with E-state index in [-0.39, 0.29) is 22.1 Å². The molecule has 2 aliphatic heterocycles. The summed E-state index contributed by atoms with van der Waals surface area (Å²) >= 11 is 4.42.